The number of carboxylic acids is 1. The van der Waals surface area contributed by atoms with E-state index in [0.717, 1.165) is 42.5 Å². The molecule has 1 aromatic heterocycles. The molecule has 0 aliphatic carbocycles. The Morgan fingerprint density at radius 1 is 1.20 bits per heavy atom. The molecule has 2 rings (SSSR count). The molecule has 4 nitrogen and oxygen atoms in total. The zero-order chi connectivity index (χ0) is 14.5. The molecule has 1 aromatic carbocycles. The van der Waals surface area contributed by atoms with Gasteiger partial charge in [-0.3, -0.25) is 0 Å². The summed E-state index contributed by atoms with van der Waals surface area (Å²) in [6, 6.07) is 9.40. The molecule has 1 N–H and O–H groups in total. The molecule has 0 radical (unpaired) electrons. The molecule has 0 saturated heterocycles. The number of hydrogen-bond acceptors (Lipinski definition) is 3. The number of aromatic nitrogens is 1. The highest BCUT2D eigenvalue weighted by Gasteiger charge is 2.14. The lowest BCUT2D eigenvalue weighted by Gasteiger charge is -2.25. The molecule has 0 aliphatic heterocycles. The van der Waals surface area contributed by atoms with Gasteiger partial charge in [-0.15, -0.1) is 0 Å². The van der Waals surface area contributed by atoms with E-state index in [9.17, 15) is 9.90 Å². The molecular weight excluding hydrogens is 252 g/mol. The molecular formula is C16H20N2O2. The fourth-order valence-electron chi connectivity index (χ4n) is 2.42. The summed E-state index contributed by atoms with van der Waals surface area (Å²) in [5, 5.41) is 10.2. The third-order valence-corrected chi connectivity index (χ3v) is 3.24. The lowest BCUT2D eigenvalue weighted by atomic mass is 10.1. The van der Waals surface area contributed by atoms with Crippen LogP contribution in [0.2, 0.25) is 0 Å². The topological polar surface area (TPSA) is 53.4 Å². The van der Waals surface area contributed by atoms with Crippen LogP contribution in [0.15, 0.2) is 30.3 Å². The van der Waals surface area contributed by atoms with E-state index in [0.29, 0.717) is 0 Å². The van der Waals surface area contributed by atoms with Crippen LogP contribution < -0.4 is 4.90 Å². The smallest absolute Gasteiger partial charge is 0.354 e. The van der Waals surface area contributed by atoms with Gasteiger partial charge in [0.05, 0.1) is 5.52 Å². The number of hydrogen-bond donors (Lipinski definition) is 1. The van der Waals surface area contributed by atoms with Crippen molar-refractivity contribution in [1.29, 1.82) is 0 Å². The number of carbonyl (C=O) groups is 1. The molecule has 20 heavy (non-hydrogen) atoms. The monoisotopic (exact) mass is 272 g/mol. The minimum Gasteiger partial charge on any atom is -0.477 e. The Bertz CT molecular complexity index is 604. The quantitative estimate of drug-likeness (QED) is 0.873. The molecule has 0 aliphatic rings. The summed E-state index contributed by atoms with van der Waals surface area (Å²) in [4.78, 5) is 17.7. The van der Waals surface area contributed by atoms with Crippen LogP contribution in [0.5, 0.6) is 0 Å². The van der Waals surface area contributed by atoms with Gasteiger partial charge in [-0.2, -0.15) is 0 Å². The summed E-state index contributed by atoms with van der Waals surface area (Å²) in [6.07, 6.45) is 2.05. The molecule has 0 amide bonds. The van der Waals surface area contributed by atoms with Crippen molar-refractivity contribution in [3.05, 3.63) is 36.0 Å². The summed E-state index contributed by atoms with van der Waals surface area (Å²) in [7, 11) is 0. The fourth-order valence-corrected chi connectivity index (χ4v) is 2.42. The van der Waals surface area contributed by atoms with E-state index in [1.54, 1.807) is 6.07 Å². The highest BCUT2D eigenvalue weighted by atomic mass is 16.4. The lowest BCUT2D eigenvalue weighted by Crippen LogP contribution is -2.25. The van der Waals surface area contributed by atoms with Gasteiger partial charge in [0.25, 0.3) is 0 Å². The molecule has 0 saturated carbocycles. The van der Waals surface area contributed by atoms with Gasteiger partial charge in [0.1, 0.15) is 0 Å². The minimum atomic E-state index is -0.982. The Balaban J connectivity index is 2.61. The second kappa shape index (κ2) is 6.37. The van der Waals surface area contributed by atoms with Gasteiger partial charge in [-0.1, -0.05) is 32.0 Å². The van der Waals surface area contributed by atoms with Crippen molar-refractivity contribution in [1.82, 2.24) is 4.98 Å². The predicted octanol–water partition coefficient (Wildman–Crippen LogP) is 3.56. The van der Waals surface area contributed by atoms with E-state index in [1.165, 1.54) is 0 Å². The standard InChI is InChI=1S/C16H20N2O2/c1-3-9-18(10-4-2)15-11-14(16(19)20)17-13-8-6-5-7-12(13)15/h5-8,11H,3-4,9-10H2,1-2H3,(H,19,20). The van der Waals surface area contributed by atoms with E-state index < -0.39 is 5.97 Å². The lowest BCUT2D eigenvalue weighted by molar-refractivity contribution is 0.0691. The van der Waals surface area contributed by atoms with Crippen LogP contribution in [0.25, 0.3) is 10.9 Å². The van der Waals surface area contributed by atoms with Gasteiger partial charge < -0.3 is 10.0 Å². The van der Waals surface area contributed by atoms with Crippen LogP contribution in [0.1, 0.15) is 37.2 Å². The van der Waals surface area contributed by atoms with Crippen molar-refractivity contribution in [3.8, 4) is 0 Å². The Labute approximate surface area is 119 Å². The number of pyridine rings is 1. The summed E-state index contributed by atoms with van der Waals surface area (Å²) in [6.45, 7) is 6.09. The van der Waals surface area contributed by atoms with E-state index in [-0.39, 0.29) is 5.69 Å². The number of rotatable bonds is 6. The number of para-hydroxylation sites is 1. The average Bonchev–Trinajstić information content (AvgIpc) is 2.46. The Kier molecular flexibility index (Phi) is 4.56. The first-order chi connectivity index (χ1) is 9.67. The largest absolute Gasteiger partial charge is 0.477 e. The maximum atomic E-state index is 11.3. The summed E-state index contributed by atoms with van der Waals surface area (Å²) in [5.74, 6) is -0.982. The first-order valence-corrected chi connectivity index (χ1v) is 7.05. The fraction of sp³-hybridized carbons (Fsp3) is 0.375. The van der Waals surface area contributed by atoms with E-state index in [1.807, 2.05) is 24.3 Å². The van der Waals surface area contributed by atoms with Crippen molar-refractivity contribution in [2.24, 2.45) is 0 Å². The van der Waals surface area contributed by atoms with E-state index >= 15 is 0 Å². The van der Waals surface area contributed by atoms with Crippen LogP contribution in [-0.4, -0.2) is 29.1 Å². The van der Waals surface area contributed by atoms with Gasteiger partial charge >= 0.3 is 5.97 Å². The van der Waals surface area contributed by atoms with E-state index in [2.05, 4.69) is 23.7 Å². The molecule has 0 unspecified atom stereocenters. The molecule has 0 spiro atoms. The van der Waals surface area contributed by atoms with Crippen molar-refractivity contribution < 1.29 is 9.90 Å². The SMILES string of the molecule is CCCN(CCC)c1cc(C(=O)O)nc2ccccc12. The first kappa shape index (κ1) is 14.3. The second-order valence-corrected chi connectivity index (χ2v) is 4.84. The maximum Gasteiger partial charge on any atom is 0.354 e. The van der Waals surface area contributed by atoms with Gasteiger partial charge in [-0.05, 0) is 25.0 Å². The number of anilines is 1. The van der Waals surface area contributed by atoms with Gasteiger partial charge in [-0.25, -0.2) is 9.78 Å². The number of benzene rings is 1. The first-order valence-electron chi connectivity index (χ1n) is 7.05. The molecule has 0 bridgehead atoms. The highest BCUT2D eigenvalue weighted by molar-refractivity contribution is 5.97. The number of carboxylic acid groups (broad SMARTS) is 1. The minimum absolute atomic E-state index is 0.107. The molecule has 2 aromatic rings. The molecule has 4 heteroatoms. The zero-order valence-corrected chi connectivity index (χ0v) is 12.0. The van der Waals surface area contributed by atoms with Crippen molar-refractivity contribution in [2.45, 2.75) is 26.7 Å². The highest BCUT2D eigenvalue weighted by Crippen LogP contribution is 2.27. The van der Waals surface area contributed by atoms with Crippen LogP contribution in [0.3, 0.4) is 0 Å². The summed E-state index contributed by atoms with van der Waals surface area (Å²) < 4.78 is 0. The third-order valence-electron chi connectivity index (χ3n) is 3.24. The zero-order valence-electron chi connectivity index (χ0n) is 12.0. The van der Waals surface area contributed by atoms with Gasteiger partial charge in [0.2, 0.25) is 0 Å². The molecule has 1 heterocycles. The molecule has 0 atom stereocenters. The Hall–Kier alpha value is -2.10. The van der Waals surface area contributed by atoms with Crippen molar-refractivity contribution in [3.63, 3.8) is 0 Å². The van der Waals surface area contributed by atoms with Gasteiger partial charge in [0.15, 0.2) is 5.69 Å². The van der Waals surface area contributed by atoms with Crippen LogP contribution in [0, 0.1) is 0 Å². The second-order valence-electron chi connectivity index (χ2n) is 4.84. The third kappa shape index (κ3) is 2.90. The molecule has 0 fully saturated rings. The number of aromatic carboxylic acids is 1. The Morgan fingerprint density at radius 3 is 2.45 bits per heavy atom. The normalized spacial score (nSPS) is 10.7. The number of fused-ring (bicyclic) bond motifs is 1. The average molecular weight is 272 g/mol. The maximum absolute atomic E-state index is 11.3. The van der Waals surface area contributed by atoms with Crippen molar-refractivity contribution in [2.75, 3.05) is 18.0 Å². The van der Waals surface area contributed by atoms with Crippen LogP contribution >= 0.6 is 0 Å². The van der Waals surface area contributed by atoms with E-state index in [4.69, 9.17) is 0 Å². The number of nitrogens with zero attached hydrogens (tertiary/aromatic N) is 2. The molecule has 106 valence electrons. The van der Waals surface area contributed by atoms with Crippen LogP contribution in [-0.2, 0) is 0 Å². The van der Waals surface area contributed by atoms with Crippen molar-refractivity contribution >= 4 is 22.6 Å². The van der Waals surface area contributed by atoms with Crippen LogP contribution in [0.4, 0.5) is 5.69 Å². The Morgan fingerprint density at radius 2 is 1.85 bits per heavy atom. The van der Waals surface area contributed by atoms with Gasteiger partial charge in [0, 0.05) is 24.2 Å². The summed E-state index contributed by atoms with van der Waals surface area (Å²) >= 11 is 0. The predicted molar refractivity (Wildman–Crippen MR) is 81.5 cm³/mol. The summed E-state index contributed by atoms with van der Waals surface area (Å²) in [5.41, 5.74) is 1.81.